The molecule has 1 N–H and O–H groups in total. The lowest BCUT2D eigenvalue weighted by Crippen LogP contribution is -2.12. The number of hydrogen-bond acceptors (Lipinski definition) is 5. The van der Waals surface area contributed by atoms with Crippen LogP contribution in [0.15, 0.2) is 18.3 Å². The van der Waals surface area contributed by atoms with Crippen LogP contribution in [0.5, 0.6) is 5.88 Å². The molecule has 5 heteroatoms. The zero-order valence-corrected chi connectivity index (χ0v) is 12.0. The van der Waals surface area contributed by atoms with Crippen molar-refractivity contribution < 1.29 is 14.2 Å². The molecule has 5 nitrogen and oxygen atoms in total. The van der Waals surface area contributed by atoms with Crippen molar-refractivity contribution in [2.45, 2.75) is 26.4 Å². The molecule has 0 aromatic carbocycles. The molecule has 0 bridgehead atoms. The molecule has 0 fully saturated rings. The van der Waals surface area contributed by atoms with Gasteiger partial charge >= 0.3 is 0 Å². The van der Waals surface area contributed by atoms with Crippen molar-refractivity contribution >= 4 is 5.69 Å². The van der Waals surface area contributed by atoms with Crippen LogP contribution in [0.2, 0.25) is 0 Å². The van der Waals surface area contributed by atoms with E-state index in [9.17, 15) is 0 Å². The number of anilines is 1. The quantitative estimate of drug-likeness (QED) is 0.660. The van der Waals surface area contributed by atoms with Gasteiger partial charge in [-0.25, -0.2) is 4.98 Å². The molecule has 0 unspecified atom stereocenters. The van der Waals surface area contributed by atoms with Gasteiger partial charge in [-0.3, -0.25) is 0 Å². The van der Waals surface area contributed by atoms with E-state index < -0.39 is 0 Å². The maximum absolute atomic E-state index is 5.63. The van der Waals surface area contributed by atoms with Gasteiger partial charge in [-0.2, -0.15) is 0 Å². The Kier molecular flexibility index (Phi) is 7.93. The van der Waals surface area contributed by atoms with E-state index in [0.717, 1.165) is 25.3 Å². The van der Waals surface area contributed by atoms with Crippen LogP contribution >= 0.6 is 0 Å². The van der Waals surface area contributed by atoms with Gasteiger partial charge in [-0.05, 0) is 32.4 Å². The van der Waals surface area contributed by atoms with Gasteiger partial charge in [-0.1, -0.05) is 0 Å². The predicted octanol–water partition coefficient (Wildman–Crippen LogP) is 2.33. The number of nitrogens with one attached hydrogen (secondary N) is 1. The Labute approximate surface area is 115 Å². The zero-order valence-electron chi connectivity index (χ0n) is 12.0. The highest BCUT2D eigenvalue weighted by molar-refractivity contribution is 5.51. The third-order valence-electron chi connectivity index (χ3n) is 2.33. The Morgan fingerprint density at radius 3 is 2.84 bits per heavy atom. The van der Waals surface area contributed by atoms with E-state index in [1.54, 1.807) is 13.3 Å². The molecular formula is C14H24N2O3. The number of methoxy groups -OCH3 is 1. The first-order valence-corrected chi connectivity index (χ1v) is 6.66. The van der Waals surface area contributed by atoms with Crippen molar-refractivity contribution in [3.05, 3.63) is 18.3 Å². The summed E-state index contributed by atoms with van der Waals surface area (Å²) in [5, 5.41) is 3.31. The van der Waals surface area contributed by atoms with Gasteiger partial charge in [0.05, 0.1) is 25.0 Å². The molecule has 108 valence electrons. The van der Waals surface area contributed by atoms with Crippen LogP contribution < -0.4 is 10.1 Å². The lowest BCUT2D eigenvalue weighted by atomic mass is 10.3. The molecule has 0 spiro atoms. The van der Waals surface area contributed by atoms with Crippen molar-refractivity contribution in [3.63, 3.8) is 0 Å². The average Bonchev–Trinajstić information content (AvgIpc) is 2.39. The van der Waals surface area contributed by atoms with Crippen molar-refractivity contribution in [1.82, 2.24) is 4.98 Å². The molecule has 0 atom stereocenters. The Bertz CT molecular complexity index is 345. The van der Waals surface area contributed by atoms with Gasteiger partial charge in [0.1, 0.15) is 0 Å². The lowest BCUT2D eigenvalue weighted by molar-refractivity contribution is 0.0705. The maximum Gasteiger partial charge on any atom is 0.237 e. The van der Waals surface area contributed by atoms with Crippen LogP contribution in [0.3, 0.4) is 0 Å². The van der Waals surface area contributed by atoms with E-state index in [1.807, 2.05) is 26.0 Å². The number of rotatable bonds is 10. The predicted molar refractivity (Wildman–Crippen MR) is 75.8 cm³/mol. The molecule has 19 heavy (non-hydrogen) atoms. The fraction of sp³-hybridized carbons (Fsp3) is 0.643. The summed E-state index contributed by atoms with van der Waals surface area (Å²) in [6.07, 6.45) is 2.78. The van der Waals surface area contributed by atoms with Gasteiger partial charge in [-0.15, -0.1) is 0 Å². The van der Waals surface area contributed by atoms with Crippen LogP contribution in [-0.2, 0) is 9.47 Å². The summed E-state index contributed by atoms with van der Waals surface area (Å²) >= 11 is 0. The number of ether oxygens (including phenoxy) is 3. The van der Waals surface area contributed by atoms with Crippen molar-refractivity contribution in [3.8, 4) is 5.88 Å². The van der Waals surface area contributed by atoms with E-state index in [2.05, 4.69) is 10.3 Å². The molecule has 0 aliphatic carbocycles. The highest BCUT2D eigenvalue weighted by Gasteiger charge is 2.05. The fourth-order valence-electron chi connectivity index (χ4n) is 1.48. The Balaban J connectivity index is 2.25. The molecule has 0 saturated heterocycles. The Hall–Kier alpha value is -1.33. The molecular weight excluding hydrogens is 244 g/mol. The molecule has 1 rings (SSSR count). The second-order valence-electron chi connectivity index (χ2n) is 4.41. The Morgan fingerprint density at radius 1 is 1.26 bits per heavy atom. The summed E-state index contributed by atoms with van der Waals surface area (Å²) in [5.74, 6) is 0.651. The van der Waals surface area contributed by atoms with Crippen LogP contribution in [0.25, 0.3) is 0 Å². The van der Waals surface area contributed by atoms with Crippen molar-refractivity contribution in [2.24, 2.45) is 0 Å². The second-order valence-corrected chi connectivity index (χ2v) is 4.41. The minimum Gasteiger partial charge on any atom is -0.473 e. The molecule has 0 aliphatic heterocycles. The first kappa shape index (κ1) is 15.7. The van der Waals surface area contributed by atoms with Gasteiger partial charge in [0.25, 0.3) is 0 Å². The largest absolute Gasteiger partial charge is 0.473 e. The molecule has 0 saturated carbocycles. The molecule has 1 aromatic rings. The van der Waals surface area contributed by atoms with Crippen LogP contribution in [-0.4, -0.2) is 44.6 Å². The number of nitrogens with zero attached hydrogens (tertiary/aromatic N) is 1. The van der Waals surface area contributed by atoms with Crippen LogP contribution in [0.1, 0.15) is 20.3 Å². The second kappa shape index (κ2) is 9.58. The monoisotopic (exact) mass is 268 g/mol. The van der Waals surface area contributed by atoms with E-state index in [0.29, 0.717) is 19.1 Å². The summed E-state index contributed by atoms with van der Waals surface area (Å²) in [6, 6.07) is 3.86. The topological polar surface area (TPSA) is 52.6 Å². The number of pyridine rings is 1. The molecule has 0 amide bonds. The first-order valence-electron chi connectivity index (χ1n) is 6.66. The highest BCUT2D eigenvalue weighted by atomic mass is 16.5. The summed E-state index contributed by atoms with van der Waals surface area (Å²) in [5.41, 5.74) is 0.924. The maximum atomic E-state index is 5.63. The molecule has 1 heterocycles. The first-order chi connectivity index (χ1) is 9.24. The minimum atomic E-state index is 0.118. The summed E-state index contributed by atoms with van der Waals surface area (Å²) in [7, 11) is 1.67. The van der Waals surface area contributed by atoms with E-state index in [1.165, 1.54) is 0 Å². The van der Waals surface area contributed by atoms with E-state index >= 15 is 0 Å². The number of hydrogen-bond donors (Lipinski definition) is 1. The standard InChI is InChI=1S/C14H24N2O3/c1-12(2)19-14-13(6-4-7-16-14)15-8-5-9-18-11-10-17-3/h4,6-7,12,15H,5,8-11H2,1-3H3. The third kappa shape index (κ3) is 6.98. The van der Waals surface area contributed by atoms with Gasteiger partial charge in [0.15, 0.2) is 0 Å². The SMILES string of the molecule is COCCOCCCNc1cccnc1OC(C)C. The highest BCUT2D eigenvalue weighted by Crippen LogP contribution is 2.21. The van der Waals surface area contributed by atoms with E-state index in [-0.39, 0.29) is 6.10 Å². The van der Waals surface area contributed by atoms with Gasteiger partial charge in [0.2, 0.25) is 5.88 Å². The fourth-order valence-corrected chi connectivity index (χ4v) is 1.48. The average molecular weight is 268 g/mol. The lowest BCUT2D eigenvalue weighted by Gasteiger charge is -2.14. The van der Waals surface area contributed by atoms with Crippen LogP contribution in [0.4, 0.5) is 5.69 Å². The normalized spacial score (nSPS) is 10.7. The molecule has 0 aliphatic rings. The van der Waals surface area contributed by atoms with Crippen molar-refractivity contribution in [2.75, 3.05) is 38.8 Å². The summed E-state index contributed by atoms with van der Waals surface area (Å²) in [6.45, 7) is 6.81. The third-order valence-corrected chi connectivity index (χ3v) is 2.33. The summed E-state index contributed by atoms with van der Waals surface area (Å²) in [4.78, 5) is 4.23. The zero-order chi connectivity index (χ0) is 13.9. The van der Waals surface area contributed by atoms with Gasteiger partial charge in [0, 0.05) is 26.5 Å². The Morgan fingerprint density at radius 2 is 2.11 bits per heavy atom. The number of aromatic nitrogens is 1. The summed E-state index contributed by atoms with van der Waals surface area (Å²) < 4.78 is 15.9. The van der Waals surface area contributed by atoms with E-state index in [4.69, 9.17) is 14.2 Å². The molecule has 1 aromatic heterocycles. The minimum absolute atomic E-state index is 0.118. The van der Waals surface area contributed by atoms with Crippen molar-refractivity contribution in [1.29, 1.82) is 0 Å². The molecule has 0 radical (unpaired) electrons. The van der Waals surface area contributed by atoms with Gasteiger partial charge < -0.3 is 19.5 Å². The van der Waals surface area contributed by atoms with Crippen LogP contribution in [0, 0.1) is 0 Å². The smallest absolute Gasteiger partial charge is 0.237 e.